The van der Waals surface area contributed by atoms with Crippen LogP contribution in [0.15, 0.2) is 21.5 Å². The molecule has 0 radical (unpaired) electrons. The van der Waals surface area contributed by atoms with Crippen LogP contribution in [0.25, 0.3) is 0 Å². The van der Waals surface area contributed by atoms with Gasteiger partial charge in [0.15, 0.2) is 5.96 Å². The third-order valence-electron chi connectivity index (χ3n) is 5.48. The van der Waals surface area contributed by atoms with Gasteiger partial charge in [-0.25, -0.2) is 0 Å². The zero-order valence-electron chi connectivity index (χ0n) is 16.2. The van der Waals surface area contributed by atoms with Gasteiger partial charge in [-0.1, -0.05) is 0 Å². The first kappa shape index (κ1) is 19.2. The monoisotopic (exact) mass is 362 g/mol. The van der Waals surface area contributed by atoms with Gasteiger partial charge in [0.05, 0.1) is 18.7 Å². The van der Waals surface area contributed by atoms with E-state index in [2.05, 4.69) is 28.5 Å². The smallest absolute Gasteiger partial charge is 0.191 e. The molecule has 146 valence electrons. The van der Waals surface area contributed by atoms with Crippen LogP contribution in [0.5, 0.6) is 0 Å². The number of aliphatic hydroxyl groups is 1. The van der Waals surface area contributed by atoms with Crippen LogP contribution in [0.4, 0.5) is 0 Å². The van der Waals surface area contributed by atoms with E-state index < -0.39 is 0 Å². The van der Waals surface area contributed by atoms with Gasteiger partial charge in [0.25, 0.3) is 0 Å². The highest BCUT2D eigenvalue weighted by Gasteiger charge is 2.26. The second kappa shape index (κ2) is 9.42. The molecule has 0 amide bonds. The molecule has 1 aromatic rings. The fourth-order valence-electron chi connectivity index (χ4n) is 3.98. The number of rotatable bonds is 6. The summed E-state index contributed by atoms with van der Waals surface area (Å²) in [4.78, 5) is 7.38. The van der Waals surface area contributed by atoms with E-state index in [4.69, 9.17) is 9.41 Å². The SMILES string of the molecule is CCNC(=NCC(c1ccc(C)o1)N1CCCC1)NC1CCC(O)CC1. The molecule has 1 unspecified atom stereocenters. The van der Waals surface area contributed by atoms with Gasteiger partial charge in [-0.15, -0.1) is 0 Å². The Morgan fingerprint density at radius 2 is 2.00 bits per heavy atom. The Bertz CT molecular complexity index is 572. The number of aryl methyl sites for hydroxylation is 1. The molecule has 1 saturated carbocycles. The van der Waals surface area contributed by atoms with Crippen LogP contribution in [0.1, 0.15) is 63.0 Å². The van der Waals surface area contributed by atoms with Gasteiger partial charge in [-0.2, -0.15) is 0 Å². The Morgan fingerprint density at radius 1 is 1.27 bits per heavy atom. The highest BCUT2D eigenvalue weighted by atomic mass is 16.3. The van der Waals surface area contributed by atoms with Gasteiger partial charge in [0, 0.05) is 12.6 Å². The lowest BCUT2D eigenvalue weighted by Gasteiger charge is -2.28. The molecule has 1 aliphatic carbocycles. The number of aliphatic hydroxyl groups excluding tert-OH is 1. The number of hydrogen-bond acceptors (Lipinski definition) is 4. The largest absolute Gasteiger partial charge is 0.465 e. The lowest BCUT2D eigenvalue weighted by atomic mass is 9.93. The zero-order valence-corrected chi connectivity index (χ0v) is 16.2. The summed E-state index contributed by atoms with van der Waals surface area (Å²) in [7, 11) is 0. The van der Waals surface area contributed by atoms with Crippen LogP contribution in [-0.4, -0.2) is 54.3 Å². The van der Waals surface area contributed by atoms with Gasteiger partial charge in [0.2, 0.25) is 0 Å². The second-order valence-electron chi connectivity index (χ2n) is 7.58. The van der Waals surface area contributed by atoms with Crippen molar-refractivity contribution in [1.82, 2.24) is 15.5 Å². The summed E-state index contributed by atoms with van der Waals surface area (Å²) in [6.07, 6.45) is 6.12. The molecule has 1 atom stereocenters. The molecule has 2 fully saturated rings. The van der Waals surface area contributed by atoms with Gasteiger partial charge in [0.1, 0.15) is 11.5 Å². The fraction of sp³-hybridized carbons (Fsp3) is 0.750. The van der Waals surface area contributed by atoms with Crippen molar-refractivity contribution in [2.75, 3.05) is 26.2 Å². The van der Waals surface area contributed by atoms with Crippen molar-refractivity contribution >= 4 is 5.96 Å². The molecule has 1 saturated heterocycles. The minimum Gasteiger partial charge on any atom is -0.465 e. The quantitative estimate of drug-likeness (QED) is 0.536. The van der Waals surface area contributed by atoms with Crippen LogP contribution < -0.4 is 10.6 Å². The van der Waals surface area contributed by atoms with Crippen molar-refractivity contribution in [2.45, 2.75) is 70.6 Å². The number of nitrogens with zero attached hydrogens (tertiary/aromatic N) is 2. The molecule has 1 aliphatic heterocycles. The first-order valence-corrected chi connectivity index (χ1v) is 10.2. The summed E-state index contributed by atoms with van der Waals surface area (Å²) in [5.74, 6) is 2.85. The molecule has 0 aromatic carbocycles. The number of furan rings is 1. The van der Waals surface area contributed by atoms with E-state index in [0.29, 0.717) is 12.6 Å². The molecule has 6 heteroatoms. The number of likely N-dealkylation sites (tertiary alicyclic amines) is 1. The van der Waals surface area contributed by atoms with Crippen molar-refractivity contribution in [3.05, 3.63) is 23.7 Å². The zero-order chi connectivity index (χ0) is 18.4. The fourth-order valence-corrected chi connectivity index (χ4v) is 3.98. The molecule has 1 aromatic heterocycles. The Morgan fingerprint density at radius 3 is 2.62 bits per heavy atom. The van der Waals surface area contributed by atoms with Crippen LogP contribution in [0.3, 0.4) is 0 Å². The highest BCUT2D eigenvalue weighted by Crippen LogP contribution is 2.27. The number of nitrogens with one attached hydrogen (secondary N) is 2. The normalized spacial score (nSPS) is 26.0. The highest BCUT2D eigenvalue weighted by molar-refractivity contribution is 5.80. The predicted molar refractivity (Wildman–Crippen MR) is 104 cm³/mol. The second-order valence-corrected chi connectivity index (χ2v) is 7.58. The molecule has 3 rings (SSSR count). The summed E-state index contributed by atoms with van der Waals surface area (Å²) < 4.78 is 5.93. The van der Waals surface area contributed by atoms with E-state index in [1.807, 2.05) is 13.0 Å². The summed E-state index contributed by atoms with van der Waals surface area (Å²) in [5, 5.41) is 16.6. The van der Waals surface area contributed by atoms with Gasteiger partial charge >= 0.3 is 0 Å². The van der Waals surface area contributed by atoms with Gasteiger partial charge < -0.3 is 20.2 Å². The van der Waals surface area contributed by atoms with E-state index in [9.17, 15) is 5.11 Å². The Kier molecular flexibility index (Phi) is 6.97. The molecule has 26 heavy (non-hydrogen) atoms. The lowest BCUT2D eigenvalue weighted by Crippen LogP contribution is -2.45. The molecule has 0 spiro atoms. The van der Waals surface area contributed by atoms with E-state index in [1.165, 1.54) is 12.8 Å². The minimum atomic E-state index is -0.130. The van der Waals surface area contributed by atoms with Gasteiger partial charge in [-0.05, 0) is 77.6 Å². The van der Waals surface area contributed by atoms with Crippen LogP contribution in [0, 0.1) is 6.92 Å². The van der Waals surface area contributed by atoms with Crippen molar-refractivity contribution in [1.29, 1.82) is 0 Å². The topological polar surface area (TPSA) is 73.0 Å². The predicted octanol–water partition coefficient (Wildman–Crippen LogP) is 2.58. The third kappa shape index (κ3) is 5.24. The molecule has 2 heterocycles. The molecule has 6 nitrogen and oxygen atoms in total. The summed E-state index contributed by atoms with van der Waals surface area (Å²) in [6.45, 7) is 7.86. The first-order valence-electron chi connectivity index (χ1n) is 10.2. The van der Waals surface area contributed by atoms with Crippen LogP contribution in [0.2, 0.25) is 0 Å². The maximum atomic E-state index is 9.70. The third-order valence-corrected chi connectivity index (χ3v) is 5.48. The lowest BCUT2D eigenvalue weighted by molar-refractivity contribution is 0.120. The Hall–Kier alpha value is -1.53. The summed E-state index contributed by atoms with van der Waals surface area (Å²) in [5.41, 5.74) is 0. The van der Waals surface area contributed by atoms with Crippen molar-refractivity contribution in [3.63, 3.8) is 0 Å². The Labute approximate surface area is 157 Å². The maximum absolute atomic E-state index is 9.70. The summed E-state index contributed by atoms with van der Waals surface area (Å²) >= 11 is 0. The van der Waals surface area contributed by atoms with E-state index in [-0.39, 0.29) is 12.1 Å². The maximum Gasteiger partial charge on any atom is 0.191 e. The standard InChI is InChI=1S/C20H34N4O2/c1-3-21-20(23-16-7-9-17(25)10-8-16)22-14-18(24-12-4-5-13-24)19-11-6-15(2)26-19/h6,11,16-18,25H,3-5,7-10,12-14H2,1-2H3,(H2,21,22,23). The molecular formula is C20H34N4O2. The molecule has 0 bridgehead atoms. The van der Waals surface area contributed by atoms with Crippen LogP contribution >= 0.6 is 0 Å². The number of guanidine groups is 1. The van der Waals surface area contributed by atoms with E-state index in [0.717, 1.165) is 62.8 Å². The van der Waals surface area contributed by atoms with Crippen LogP contribution in [-0.2, 0) is 0 Å². The minimum absolute atomic E-state index is 0.130. The molecule has 3 N–H and O–H groups in total. The van der Waals surface area contributed by atoms with Crippen molar-refractivity contribution < 1.29 is 9.52 Å². The average Bonchev–Trinajstić information content (AvgIpc) is 3.30. The average molecular weight is 363 g/mol. The van der Waals surface area contributed by atoms with Crippen molar-refractivity contribution in [2.24, 2.45) is 4.99 Å². The van der Waals surface area contributed by atoms with Gasteiger partial charge in [-0.3, -0.25) is 9.89 Å². The number of hydrogen-bond donors (Lipinski definition) is 3. The first-order chi connectivity index (χ1) is 12.7. The van der Waals surface area contributed by atoms with Crippen molar-refractivity contribution in [3.8, 4) is 0 Å². The summed E-state index contributed by atoms with van der Waals surface area (Å²) in [6, 6.07) is 4.73. The van der Waals surface area contributed by atoms with E-state index >= 15 is 0 Å². The Balaban J connectivity index is 1.66. The van der Waals surface area contributed by atoms with E-state index in [1.54, 1.807) is 0 Å². The molecule has 2 aliphatic rings. The number of aliphatic imine (C=N–C) groups is 1. The molecular weight excluding hydrogens is 328 g/mol.